The number of carbonyl (C=O) groups is 1. The zero-order chi connectivity index (χ0) is 16.5. The van der Waals surface area contributed by atoms with Crippen LogP contribution in [-0.4, -0.2) is 31.2 Å². The molecule has 126 valence electrons. The van der Waals surface area contributed by atoms with Gasteiger partial charge in [0.15, 0.2) is 0 Å². The molecule has 1 amide bonds. The molecule has 1 aromatic carbocycles. The van der Waals surface area contributed by atoms with Crippen LogP contribution in [0.3, 0.4) is 0 Å². The summed E-state index contributed by atoms with van der Waals surface area (Å²) in [6, 6.07) is 5.57. The number of hydrogen-bond acceptors (Lipinski definition) is 5. The van der Waals surface area contributed by atoms with Crippen molar-refractivity contribution in [2.45, 2.75) is 31.6 Å². The lowest BCUT2D eigenvalue weighted by molar-refractivity contribution is 0.0979. The second kappa shape index (κ2) is 6.43. The SMILES string of the molecule is COc1ccc2c(c1)N(C(=O)c1scnc1C1CCCC1)CCO2. The first-order valence-corrected chi connectivity index (χ1v) is 9.22. The smallest absolute Gasteiger partial charge is 0.270 e. The van der Waals surface area contributed by atoms with Gasteiger partial charge < -0.3 is 14.4 Å². The predicted octanol–water partition coefficient (Wildman–Crippen LogP) is 3.85. The molecule has 1 saturated carbocycles. The lowest BCUT2D eigenvalue weighted by atomic mass is 10.0. The number of methoxy groups -OCH3 is 1. The average molecular weight is 344 g/mol. The molecule has 0 N–H and O–H groups in total. The van der Waals surface area contributed by atoms with Gasteiger partial charge in [-0.25, -0.2) is 4.98 Å². The predicted molar refractivity (Wildman–Crippen MR) is 93.5 cm³/mol. The van der Waals surface area contributed by atoms with E-state index in [-0.39, 0.29) is 5.91 Å². The van der Waals surface area contributed by atoms with E-state index in [0.29, 0.717) is 19.1 Å². The van der Waals surface area contributed by atoms with Gasteiger partial charge in [0.05, 0.1) is 30.5 Å². The summed E-state index contributed by atoms with van der Waals surface area (Å²) in [5, 5.41) is 0. The number of carbonyl (C=O) groups excluding carboxylic acids is 1. The third kappa shape index (κ3) is 2.65. The standard InChI is InChI=1S/C18H20N2O3S/c1-22-13-6-7-15-14(10-13)20(8-9-23-15)18(21)17-16(19-11-24-17)12-4-2-3-5-12/h6-7,10-12H,2-5,8-9H2,1H3. The fourth-order valence-electron chi connectivity index (χ4n) is 3.56. The normalized spacial score (nSPS) is 17.5. The molecule has 1 aliphatic heterocycles. The summed E-state index contributed by atoms with van der Waals surface area (Å²) in [4.78, 5) is 20.3. The Labute approximate surface area is 145 Å². The van der Waals surface area contributed by atoms with Crippen molar-refractivity contribution in [3.63, 3.8) is 0 Å². The van der Waals surface area contributed by atoms with E-state index in [1.165, 1.54) is 24.2 Å². The van der Waals surface area contributed by atoms with Gasteiger partial charge in [0, 0.05) is 12.0 Å². The van der Waals surface area contributed by atoms with Crippen LogP contribution in [0, 0.1) is 0 Å². The number of anilines is 1. The van der Waals surface area contributed by atoms with Crippen LogP contribution in [0.1, 0.15) is 47.0 Å². The van der Waals surface area contributed by atoms with E-state index in [2.05, 4.69) is 4.98 Å². The lowest BCUT2D eigenvalue weighted by Crippen LogP contribution is -2.38. The highest BCUT2D eigenvalue weighted by atomic mass is 32.1. The third-order valence-electron chi connectivity index (χ3n) is 4.81. The van der Waals surface area contributed by atoms with Gasteiger partial charge in [-0.05, 0) is 25.0 Å². The number of benzene rings is 1. The highest BCUT2D eigenvalue weighted by Gasteiger charge is 2.31. The van der Waals surface area contributed by atoms with E-state index in [0.717, 1.165) is 40.6 Å². The van der Waals surface area contributed by atoms with E-state index >= 15 is 0 Å². The summed E-state index contributed by atoms with van der Waals surface area (Å²) < 4.78 is 11.0. The Morgan fingerprint density at radius 1 is 1.38 bits per heavy atom. The first-order chi connectivity index (χ1) is 11.8. The Morgan fingerprint density at radius 2 is 2.21 bits per heavy atom. The molecule has 6 heteroatoms. The van der Waals surface area contributed by atoms with Crippen molar-refractivity contribution in [1.82, 2.24) is 4.98 Å². The molecule has 1 fully saturated rings. The zero-order valence-corrected chi connectivity index (χ0v) is 14.5. The molecule has 1 aromatic heterocycles. The number of rotatable bonds is 3. The molecular formula is C18H20N2O3S. The molecule has 0 spiro atoms. The van der Waals surface area contributed by atoms with Gasteiger partial charge in [-0.2, -0.15) is 0 Å². The van der Waals surface area contributed by atoms with Crippen LogP contribution < -0.4 is 14.4 Å². The quantitative estimate of drug-likeness (QED) is 0.849. The van der Waals surface area contributed by atoms with Gasteiger partial charge in [-0.15, -0.1) is 11.3 Å². The first kappa shape index (κ1) is 15.4. The van der Waals surface area contributed by atoms with Crippen molar-refractivity contribution in [1.29, 1.82) is 0 Å². The Balaban J connectivity index is 1.68. The fourth-order valence-corrected chi connectivity index (χ4v) is 4.39. The molecule has 2 heterocycles. The highest BCUT2D eigenvalue weighted by Crippen LogP contribution is 2.39. The Hall–Kier alpha value is -2.08. The minimum absolute atomic E-state index is 0.0252. The van der Waals surface area contributed by atoms with Gasteiger partial charge in [0.25, 0.3) is 5.91 Å². The van der Waals surface area contributed by atoms with E-state index in [1.54, 1.807) is 17.5 Å². The van der Waals surface area contributed by atoms with Crippen LogP contribution in [0.5, 0.6) is 11.5 Å². The molecule has 0 radical (unpaired) electrons. The van der Waals surface area contributed by atoms with Crippen LogP contribution in [0.4, 0.5) is 5.69 Å². The maximum atomic E-state index is 13.2. The molecule has 2 aliphatic rings. The topological polar surface area (TPSA) is 51.7 Å². The minimum Gasteiger partial charge on any atom is -0.497 e. The summed E-state index contributed by atoms with van der Waals surface area (Å²) in [6.45, 7) is 1.05. The summed E-state index contributed by atoms with van der Waals surface area (Å²) in [6.07, 6.45) is 4.73. The average Bonchev–Trinajstić information content (AvgIpc) is 3.30. The molecule has 5 nitrogen and oxygen atoms in total. The van der Waals surface area contributed by atoms with Crippen molar-refractivity contribution in [3.05, 3.63) is 34.3 Å². The first-order valence-electron chi connectivity index (χ1n) is 8.34. The Bertz CT molecular complexity index is 752. The third-order valence-corrected chi connectivity index (χ3v) is 5.64. The number of nitrogens with zero attached hydrogens (tertiary/aromatic N) is 2. The largest absolute Gasteiger partial charge is 0.497 e. The lowest BCUT2D eigenvalue weighted by Gasteiger charge is -2.29. The van der Waals surface area contributed by atoms with Crippen LogP contribution in [0.25, 0.3) is 0 Å². The van der Waals surface area contributed by atoms with Crippen molar-refractivity contribution < 1.29 is 14.3 Å². The van der Waals surface area contributed by atoms with Gasteiger partial charge in [-0.3, -0.25) is 4.79 Å². The number of hydrogen-bond donors (Lipinski definition) is 0. The number of aromatic nitrogens is 1. The molecule has 0 bridgehead atoms. The van der Waals surface area contributed by atoms with E-state index in [4.69, 9.17) is 9.47 Å². The van der Waals surface area contributed by atoms with E-state index in [1.807, 2.05) is 18.2 Å². The Kier molecular flexibility index (Phi) is 4.14. The van der Waals surface area contributed by atoms with Crippen molar-refractivity contribution >= 4 is 22.9 Å². The van der Waals surface area contributed by atoms with E-state index in [9.17, 15) is 4.79 Å². The van der Waals surface area contributed by atoms with Gasteiger partial charge >= 0.3 is 0 Å². The zero-order valence-electron chi connectivity index (χ0n) is 13.7. The number of ether oxygens (including phenoxy) is 2. The molecule has 0 atom stereocenters. The fraction of sp³-hybridized carbons (Fsp3) is 0.444. The number of fused-ring (bicyclic) bond motifs is 1. The minimum atomic E-state index is 0.0252. The van der Waals surface area contributed by atoms with Gasteiger partial charge in [-0.1, -0.05) is 12.8 Å². The summed E-state index contributed by atoms with van der Waals surface area (Å²) in [7, 11) is 1.62. The molecule has 0 saturated heterocycles. The van der Waals surface area contributed by atoms with Crippen molar-refractivity contribution in [2.75, 3.05) is 25.2 Å². The maximum absolute atomic E-state index is 13.2. The highest BCUT2D eigenvalue weighted by molar-refractivity contribution is 7.12. The summed E-state index contributed by atoms with van der Waals surface area (Å²) in [5.74, 6) is 1.90. The monoisotopic (exact) mass is 344 g/mol. The molecule has 1 aliphatic carbocycles. The van der Waals surface area contributed by atoms with Gasteiger partial charge in [0.1, 0.15) is 23.0 Å². The molecule has 2 aromatic rings. The van der Waals surface area contributed by atoms with Crippen LogP contribution >= 0.6 is 11.3 Å². The summed E-state index contributed by atoms with van der Waals surface area (Å²) >= 11 is 1.45. The molecule has 0 unspecified atom stereocenters. The molecule has 24 heavy (non-hydrogen) atoms. The Morgan fingerprint density at radius 3 is 3.00 bits per heavy atom. The van der Waals surface area contributed by atoms with Crippen molar-refractivity contribution in [2.24, 2.45) is 0 Å². The van der Waals surface area contributed by atoms with Crippen LogP contribution in [0.15, 0.2) is 23.7 Å². The second-order valence-electron chi connectivity index (χ2n) is 6.19. The number of thiazole rings is 1. The maximum Gasteiger partial charge on any atom is 0.270 e. The van der Waals surface area contributed by atoms with Crippen LogP contribution in [0.2, 0.25) is 0 Å². The van der Waals surface area contributed by atoms with Crippen LogP contribution in [-0.2, 0) is 0 Å². The number of amides is 1. The molecular weight excluding hydrogens is 324 g/mol. The van der Waals surface area contributed by atoms with Gasteiger partial charge in [0.2, 0.25) is 0 Å². The van der Waals surface area contributed by atoms with E-state index < -0.39 is 0 Å². The second-order valence-corrected chi connectivity index (χ2v) is 7.04. The van der Waals surface area contributed by atoms with Crippen molar-refractivity contribution in [3.8, 4) is 11.5 Å². The molecule has 4 rings (SSSR count). The summed E-state index contributed by atoms with van der Waals surface area (Å²) in [5.41, 5.74) is 3.56.